The molecule has 27 heavy (non-hydrogen) atoms. The molecule has 10 heteroatoms. The third-order valence-corrected chi connectivity index (χ3v) is 3.68. The number of benzene rings is 1. The molecule has 0 saturated heterocycles. The van der Waals surface area contributed by atoms with E-state index in [1.54, 1.807) is 0 Å². The first-order valence-electron chi connectivity index (χ1n) is 7.48. The van der Waals surface area contributed by atoms with Crippen molar-refractivity contribution in [2.24, 2.45) is 7.05 Å². The van der Waals surface area contributed by atoms with Crippen molar-refractivity contribution in [1.29, 1.82) is 0 Å². The molecule has 1 amide bonds. The van der Waals surface area contributed by atoms with Crippen LogP contribution in [0.25, 0.3) is 11.4 Å². The molecule has 0 saturated carbocycles. The van der Waals surface area contributed by atoms with Crippen LogP contribution in [0.1, 0.15) is 15.9 Å². The largest absolute Gasteiger partial charge is 0.417 e. The number of carbonyl (C=O) groups excluding carboxylic acids is 1. The Balaban J connectivity index is 1.82. The number of carbonyl (C=O) groups is 1. The van der Waals surface area contributed by atoms with Gasteiger partial charge in [0.15, 0.2) is 5.82 Å². The quantitative estimate of drug-likeness (QED) is 0.696. The van der Waals surface area contributed by atoms with Crippen LogP contribution in [-0.4, -0.2) is 20.4 Å². The van der Waals surface area contributed by atoms with Gasteiger partial charge in [-0.25, -0.2) is 18.7 Å². The van der Waals surface area contributed by atoms with Gasteiger partial charge in [0.2, 0.25) is 0 Å². The summed E-state index contributed by atoms with van der Waals surface area (Å²) in [6.07, 6.45) is -1.37. The van der Waals surface area contributed by atoms with E-state index in [1.165, 1.54) is 11.6 Å². The Hall–Kier alpha value is -3.30. The molecule has 5 nitrogen and oxygen atoms in total. The summed E-state index contributed by atoms with van der Waals surface area (Å²) in [4.78, 5) is 19.8. The van der Waals surface area contributed by atoms with Crippen LogP contribution in [0.2, 0.25) is 0 Å². The van der Waals surface area contributed by atoms with Gasteiger partial charge in [-0.15, -0.1) is 0 Å². The molecule has 0 aliphatic rings. The fourth-order valence-corrected chi connectivity index (χ4v) is 2.39. The van der Waals surface area contributed by atoms with Crippen molar-refractivity contribution < 1.29 is 26.7 Å². The van der Waals surface area contributed by atoms with Crippen LogP contribution in [0.3, 0.4) is 0 Å². The zero-order chi connectivity index (χ0) is 19.8. The first-order chi connectivity index (χ1) is 12.7. The van der Waals surface area contributed by atoms with Gasteiger partial charge in [-0.3, -0.25) is 4.79 Å². The van der Waals surface area contributed by atoms with Crippen molar-refractivity contribution in [3.8, 4) is 11.4 Å². The van der Waals surface area contributed by atoms with Gasteiger partial charge in [-0.1, -0.05) is 6.07 Å². The molecule has 1 N–H and O–H groups in total. The zero-order valence-electron chi connectivity index (χ0n) is 13.7. The molecule has 0 aliphatic carbocycles. The van der Waals surface area contributed by atoms with Gasteiger partial charge in [0, 0.05) is 13.2 Å². The van der Waals surface area contributed by atoms with Crippen LogP contribution in [0, 0.1) is 11.6 Å². The van der Waals surface area contributed by atoms with Crippen molar-refractivity contribution in [3.05, 3.63) is 65.6 Å². The Labute approximate surface area is 149 Å². The smallest absolute Gasteiger partial charge is 0.349 e. The predicted octanol–water partition coefficient (Wildman–Crippen LogP) is 4.03. The lowest BCUT2D eigenvalue weighted by Crippen LogP contribution is -2.16. The highest BCUT2D eigenvalue weighted by Gasteiger charge is 2.32. The van der Waals surface area contributed by atoms with Gasteiger partial charge >= 0.3 is 6.18 Å². The van der Waals surface area contributed by atoms with Crippen LogP contribution in [0.4, 0.5) is 27.8 Å². The Morgan fingerprint density at radius 3 is 2.30 bits per heavy atom. The van der Waals surface area contributed by atoms with Crippen molar-refractivity contribution in [3.63, 3.8) is 0 Å². The fraction of sp³-hybridized carbons (Fsp3) is 0.118. The number of rotatable bonds is 3. The van der Waals surface area contributed by atoms with E-state index in [0.717, 1.165) is 42.9 Å². The van der Waals surface area contributed by atoms with E-state index in [0.29, 0.717) is 0 Å². The van der Waals surface area contributed by atoms with Crippen molar-refractivity contribution >= 4 is 11.7 Å². The summed E-state index contributed by atoms with van der Waals surface area (Å²) in [5, 5.41) is 2.18. The Kier molecular flexibility index (Phi) is 4.64. The van der Waals surface area contributed by atoms with Crippen molar-refractivity contribution in [1.82, 2.24) is 14.5 Å². The number of amides is 1. The van der Waals surface area contributed by atoms with Crippen LogP contribution in [0.5, 0.6) is 0 Å². The highest BCUT2D eigenvalue weighted by Crippen LogP contribution is 2.32. The zero-order valence-corrected chi connectivity index (χ0v) is 13.7. The normalized spacial score (nSPS) is 11.5. The number of aromatic nitrogens is 3. The molecule has 0 radical (unpaired) electrons. The van der Waals surface area contributed by atoms with Crippen molar-refractivity contribution in [2.75, 3.05) is 5.32 Å². The summed E-state index contributed by atoms with van der Waals surface area (Å²) in [6, 6.07) is 3.89. The number of hydrogen-bond donors (Lipinski definition) is 1. The lowest BCUT2D eigenvalue weighted by atomic mass is 10.2. The van der Waals surface area contributed by atoms with E-state index >= 15 is 0 Å². The number of alkyl halides is 3. The third kappa shape index (κ3) is 3.78. The summed E-state index contributed by atoms with van der Waals surface area (Å²) in [5.41, 5.74) is -1.33. The van der Waals surface area contributed by atoms with Crippen LogP contribution < -0.4 is 5.32 Å². The standard InChI is InChI=1S/C17H11F5N4O/c1-26-8-9(17(20,21)22)5-13(26)12-6-24-14(7-23-12)25-16(27)15-10(18)3-2-4-11(15)19/h2-8H,1H3,(H,24,25,27). The summed E-state index contributed by atoms with van der Waals surface area (Å²) in [6.45, 7) is 0. The SMILES string of the molecule is Cn1cc(C(F)(F)F)cc1-c1cnc(NC(=O)c2c(F)cccc2F)cn1. The maximum Gasteiger partial charge on any atom is 0.417 e. The van der Waals surface area contributed by atoms with E-state index in [1.807, 2.05) is 0 Å². The van der Waals surface area contributed by atoms with Gasteiger partial charge in [-0.2, -0.15) is 13.2 Å². The Morgan fingerprint density at radius 2 is 1.78 bits per heavy atom. The average molecular weight is 382 g/mol. The molecular formula is C17H11F5N4O. The second-order valence-electron chi connectivity index (χ2n) is 5.56. The fourth-order valence-electron chi connectivity index (χ4n) is 2.39. The van der Waals surface area contributed by atoms with Crippen molar-refractivity contribution in [2.45, 2.75) is 6.18 Å². The number of halogens is 5. The molecule has 140 valence electrons. The Bertz CT molecular complexity index is 975. The lowest BCUT2D eigenvalue weighted by molar-refractivity contribution is -0.137. The third-order valence-electron chi connectivity index (χ3n) is 3.68. The van der Waals surface area contributed by atoms with E-state index in [4.69, 9.17) is 0 Å². The maximum atomic E-state index is 13.6. The highest BCUT2D eigenvalue weighted by atomic mass is 19.4. The molecule has 2 heterocycles. The van der Waals surface area contributed by atoms with Crippen LogP contribution in [0.15, 0.2) is 42.9 Å². The number of hydrogen-bond acceptors (Lipinski definition) is 3. The minimum Gasteiger partial charge on any atom is -0.349 e. The van der Waals surface area contributed by atoms with Crippen LogP contribution >= 0.6 is 0 Å². The molecule has 0 aliphatic heterocycles. The molecule has 3 rings (SSSR count). The minimum absolute atomic E-state index is 0.114. The number of anilines is 1. The van der Waals surface area contributed by atoms with E-state index in [9.17, 15) is 26.7 Å². The Morgan fingerprint density at radius 1 is 1.11 bits per heavy atom. The number of nitrogens with zero attached hydrogens (tertiary/aromatic N) is 3. The molecule has 0 spiro atoms. The molecule has 0 unspecified atom stereocenters. The first-order valence-corrected chi connectivity index (χ1v) is 7.48. The summed E-state index contributed by atoms with van der Waals surface area (Å²) >= 11 is 0. The average Bonchev–Trinajstić information content (AvgIpc) is 2.97. The molecule has 0 bridgehead atoms. The second-order valence-corrected chi connectivity index (χ2v) is 5.56. The topological polar surface area (TPSA) is 59.8 Å². The number of aryl methyl sites for hydroxylation is 1. The predicted molar refractivity (Wildman–Crippen MR) is 85.8 cm³/mol. The van der Waals surface area contributed by atoms with Gasteiger partial charge < -0.3 is 9.88 Å². The molecule has 0 fully saturated rings. The molecule has 3 aromatic rings. The molecule has 1 aromatic carbocycles. The van der Waals surface area contributed by atoms with E-state index in [2.05, 4.69) is 15.3 Å². The molecule has 0 atom stereocenters. The highest BCUT2D eigenvalue weighted by molar-refractivity contribution is 6.04. The van der Waals surface area contributed by atoms with Crippen LogP contribution in [-0.2, 0) is 13.2 Å². The maximum absolute atomic E-state index is 13.6. The monoisotopic (exact) mass is 382 g/mol. The summed E-state index contributed by atoms with van der Waals surface area (Å²) < 4.78 is 66.8. The molecule has 2 aromatic heterocycles. The van der Waals surface area contributed by atoms with Gasteiger partial charge in [0.1, 0.15) is 22.9 Å². The van der Waals surface area contributed by atoms with E-state index in [-0.39, 0.29) is 17.2 Å². The minimum atomic E-state index is -4.50. The lowest BCUT2D eigenvalue weighted by Gasteiger charge is -2.07. The molecular weight excluding hydrogens is 371 g/mol. The number of nitrogens with one attached hydrogen (secondary N) is 1. The van der Waals surface area contributed by atoms with Gasteiger partial charge in [0.05, 0.1) is 23.7 Å². The second kappa shape index (κ2) is 6.78. The van der Waals surface area contributed by atoms with Gasteiger partial charge in [-0.05, 0) is 18.2 Å². The first kappa shape index (κ1) is 18.5. The summed E-state index contributed by atoms with van der Waals surface area (Å²) in [5.74, 6) is -3.26. The van der Waals surface area contributed by atoms with E-state index < -0.39 is 34.8 Å². The summed E-state index contributed by atoms with van der Waals surface area (Å²) in [7, 11) is 1.42. The van der Waals surface area contributed by atoms with Gasteiger partial charge in [0.25, 0.3) is 5.91 Å².